The molecule has 0 saturated heterocycles. The van der Waals surface area contributed by atoms with Gasteiger partial charge in [-0.2, -0.15) is 23.1 Å². The zero-order chi connectivity index (χ0) is 21.1. The standard InChI is InChI=1S/C21H25F3N6/c1-2-12-25-18-17-19(30(13-26-17)16-6-4-3-5-7-16)29-20(28-18)27-15-10-8-14(9-11-15)21(22,23)24/h8-11,13,16H,2-7,12H2,1H3,(H2,25,27,28,29). The molecule has 0 spiro atoms. The third kappa shape index (κ3) is 4.34. The highest BCUT2D eigenvalue weighted by atomic mass is 19.4. The number of hydrogen-bond donors (Lipinski definition) is 2. The Morgan fingerprint density at radius 2 is 1.80 bits per heavy atom. The molecule has 1 aliphatic rings. The molecule has 9 heteroatoms. The van der Waals surface area contributed by atoms with Gasteiger partial charge in [-0.25, -0.2) is 4.98 Å². The molecule has 1 aromatic carbocycles. The zero-order valence-electron chi connectivity index (χ0n) is 16.8. The van der Waals surface area contributed by atoms with Crippen LogP contribution in [0.25, 0.3) is 11.2 Å². The lowest BCUT2D eigenvalue weighted by Gasteiger charge is -2.23. The number of imidazole rings is 1. The van der Waals surface area contributed by atoms with E-state index in [1.165, 1.54) is 31.4 Å². The molecule has 0 atom stereocenters. The number of fused-ring (bicyclic) bond motifs is 1. The van der Waals surface area contributed by atoms with Crippen molar-refractivity contribution in [2.45, 2.75) is 57.7 Å². The van der Waals surface area contributed by atoms with Crippen LogP contribution in [0.1, 0.15) is 57.1 Å². The molecular weight excluding hydrogens is 393 g/mol. The molecule has 0 bridgehead atoms. The van der Waals surface area contributed by atoms with Crippen molar-refractivity contribution < 1.29 is 13.2 Å². The summed E-state index contributed by atoms with van der Waals surface area (Å²) in [5.41, 5.74) is 1.26. The Kier molecular flexibility index (Phi) is 5.78. The van der Waals surface area contributed by atoms with Gasteiger partial charge in [-0.15, -0.1) is 0 Å². The Labute approximate surface area is 172 Å². The topological polar surface area (TPSA) is 67.7 Å². The summed E-state index contributed by atoms with van der Waals surface area (Å²) in [4.78, 5) is 13.7. The molecule has 4 rings (SSSR count). The van der Waals surface area contributed by atoms with Gasteiger partial charge in [0.25, 0.3) is 0 Å². The van der Waals surface area contributed by atoms with E-state index in [4.69, 9.17) is 0 Å². The van der Waals surface area contributed by atoms with Crippen LogP contribution in [0.5, 0.6) is 0 Å². The predicted molar refractivity (Wildman–Crippen MR) is 111 cm³/mol. The molecule has 30 heavy (non-hydrogen) atoms. The summed E-state index contributed by atoms with van der Waals surface area (Å²) in [6.45, 7) is 2.80. The first-order chi connectivity index (χ1) is 14.5. The largest absolute Gasteiger partial charge is 0.416 e. The number of hydrogen-bond acceptors (Lipinski definition) is 5. The monoisotopic (exact) mass is 418 g/mol. The SMILES string of the molecule is CCCNc1nc(Nc2ccc(C(F)(F)F)cc2)nc2c1ncn2C1CCCCC1. The Morgan fingerprint density at radius 1 is 1.07 bits per heavy atom. The van der Waals surface area contributed by atoms with Gasteiger partial charge in [0.2, 0.25) is 5.95 Å². The lowest BCUT2D eigenvalue weighted by atomic mass is 9.95. The second-order valence-electron chi connectivity index (χ2n) is 7.64. The van der Waals surface area contributed by atoms with Gasteiger partial charge in [-0.05, 0) is 43.5 Å². The van der Waals surface area contributed by atoms with Crippen LogP contribution in [-0.4, -0.2) is 26.1 Å². The lowest BCUT2D eigenvalue weighted by Crippen LogP contribution is -2.13. The lowest BCUT2D eigenvalue weighted by molar-refractivity contribution is -0.137. The number of nitrogens with zero attached hydrogens (tertiary/aromatic N) is 4. The fourth-order valence-electron chi connectivity index (χ4n) is 3.84. The van der Waals surface area contributed by atoms with Crippen molar-refractivity contribution in [3.63, 3.8) is 0 Å². The molecule has 0 amide bonds. The first-order valence-corrected chi connectivity index (χ1v) is 10.4. The molecule has 2 heterocycles. The molecule has 6 nitrogen and oxygen atoms in total. The van der Waals surface area contributed by atoms with E-state index in [1.54, 1.807) is 0 Å². The third-order valence-electron chi connectivity index (χ3n) is 5.40. The fourth-order valence-corrected chi connectivity index (χ4v) is 3.84. The number of alkyl halides is 3. The van der Waals surface area contributed by atoms with Crippen molar-refractivity contribution in [1.29, 1.82) is 0 Å². The van der Waals surface area contributed by atoms with E-state index < -0.39 is 11.7 Å². The van der Waals surface area contributed by atoms with Gasteiger partial charge in [0.05, 0.1) is 11.9 Å². The van der Waals surface area contributed by atoms with Gasteiger partial charge < -0.3 is 15.2 Å². The van der Waals surface area contributed by atoms with Crippen molar-refractivity contribution in [3.05, 3.63) is 36.2 Å². The molecule has 0 radical (unpaired) electrons. The van der Waals surface area contributed by atoms with E-state index in [0.717, 1.165) is 43.6 Å². The van der Waals surface area contributed by atoms with Crippen LogP contribution in [0, 0.1) is 0 Å². The molecule has 160 valence electrons. The average molecular weight is 418 g/mol. The quantitative estimate of drug-likeness (QED) is 0.520. The van der Waals surface area contributed by atoms with Crippen molar-refractivity contribution in [2.75, 3.05) is 17.2 Å². The summed E-state index contributed by atoms with van der Waals surface area (Å²) in [5, 5.41) is 6.33. The minimum atomic E-state index is -4.36. The predicted octanol–water partition coefficient (Wildman–Crippen LogP) is 5.92. The normalized spacial score (nSPS) is 15.5. The van der Waals surface area contributed by atoms with Crippen LogP contribution in [0.4, 0.5) is 30.6 Å². The fraction of sp³-hybridized carbons (Fsp3) is 0.476. The van der Waals surface area contributed by atoms with Gasteiger partial charge in [-0.1, -0.05) is 26.2 Å². The van der Waals surface area contributed by atoms with Crippen LogP contribution in [0.2, 0.25) is 0 Å². The molecule has 2 N–H and O–H groups in total. The molecule has 1 fully saturated rings. The van der Waals surface area contributed by atoms with E-state index in [-0.39, 0.29) is 0 Å². The molecule has 2 aromatic heterocycles. The van der Waals surface area contributed by atoms with E-state index in [0.29, 0.717) is 29.0 Å². The summed E-state index contributed by atoms with van der Waals surface area (Å²) in [6.07, 6.45) is 4.20. The van der Waals surface area contributed by atoms with Crippen LogP contribution in [-0.2, 0) is 6.18 Å². The van der Waals surface area contributed by atoms with Gasteiger partial charge in [0.15, 0.2) is 17.0 Å². The number of anilines is 3. The third-order valence-corrected chi connectivity index (χ3v) is 5.40. The van der Waals surface area contributed by atoms with E-state index in [9.17, 15) is 13.2 Å². The highest BCUT2D eigenvalue weighted by molar-refractivity contribution is 5.84. The average Bonchev–Trinajstić information content (AvgIpc) is 3.16. The van der Waals surface area contributed by atoms with Gasteiger partial charge in [0.1, 0.15) is 0 Å². The number of nitrogens with one attached hydrogen (secondary N) is 2. The maximum atomic E-state index is 12.8. The zero-order valence-corrected chi connectivity index (χ0v) is 16.8. The van der Waals surface area contributed by atoms with Gasteiger partial charge in [-0.3, -0.25) is 0 Å². The van der Waals surface area contributed by atoms with Crippen LogP contribution in [0.15, 0.2) is 30.6 Å². The number of halogens is 3. The Morgan fingerprint density at radius 3 is 2.47 bits per heavy atom. The van der Waals surface area contributed by atoms with E-state index in [2.05, 4.69) is 37.1 Å². The summed E-state index contributed by atoms with van der Waals surface area (Å²) in [6, 6.07) is 5.21. The summed E-state index contributed by atoms with van der Waals surface area (Å²) >= 11 is 0. The Bertz CT molecular complexity index is 990. The Balaban J connectivity index is 1.68. The van der Waals surface area contributed by atoms with E-state index >= 15 is 0 Å². The maximum Gasteiger partial charge on any atom is 0.416 e. The molecule has 3 aromatic rings. The van der Waals surface area contributed by atoms with Crippen molar-refractivity contribution in [3.8, 4) is 0 Å². The summed E-state index contributed by atoms with van der Waals surface area (Å²) in [7, 11) is 0. The number of aromatic nitrogens is 4. The van der Waals surface area contributed by atoms with Gasteiger partial charge in [0, 0.05) is 18.3 Å². The summed E-state index contributed by atoms with van der Waals surface area (Å²) < 4.78 is 40.6. The number of benzene rings is 1. The van der Waals surface area contributed by atoms with Crippen molar-refractivity contribution in [2.24, 2.45) is 0 Å². The molecule has 1 saturated carbocycles. The number of rotatable bonds is 6. The molecule has 0 unspecified atom stereocenters. The Hall–Kier alpha value is -2.84. The van der Waals surface area contributed by atoms with Crippen LogP contribution in [0.3, 0.4) is 0 Å². The van der Waals surface area contributed by atoms with Crippen molar-refractivity contribution in [1.82, 2.24) is 19.5 Å². The second-order valence-corrected chi connectivity index (χ2v) is 7.64. The first-order valence-electron chi connectivity index (χ1n) is 10.4. The van der Waals surface area contributed by atoms with Crippen LogP contribution < -0.4 is 10.6 Å². The van der Waals surface area contributed by atoms with Crippen LogP contribution >= 0.6 is 0 Å². The van der Waals surface area contributed by atoms with Gasteiger partial charge >= 0.3 is 6.18 Å². The smallest absolute Gasteiger partial charge is 0.368 e. The maximum absolute atomic E-state index is 12.8. The molecule has 0 aliphatic heterocycles. The highest BCUT2D eigenvalue weighted by Gasteiger charge is 2.30. The highest BCUT2D eigenvalue weighted by Crippen LogP contribution is 2.33. The minimum Gasteiger partial charge on any atom is -0.368 e. The first kappa shape index (κ1) is 20.4. The summed E-state index contributed by atoms with van der Waals surface area (Å²) in [5.74, 6) is 0.962. The molecule has 1 aliphatic carbocycles. The second kappa shape index (κ2) is 8.49. The molecular formula is C21H25F3N6. The minimum absolute atomic E-state index is 0.332. The van der Waals surface area contributed by atoms with E-state index in [1.807, 2.05) is 6.33 Å². The van der Waals surface area contributed by atoms with Crippen molar-refractivity contribution >= 4 is 28.6 Å².